The Morgan fingerprint density at radius 1 is 1.23 bits per heavy atom. The minimum atomic E-state index is -4.39. The fraction of sp³-hybridized carbons (Fsp3) is 0. The molecule has 0 saturated carbocycles. The van der Waals surface area contributed by atoms with Crippen LogP contribution in [0.4, 0.5) is 0 Å². The second-order valence-electron chi connectivity index (χ2n) is 2.09. The first kappa shape index (κ1) is 12.6. The molecule has 6 heteroatoms. The van der Waals surface area contributed by atoms with Gasteiger partial charge in [-0.2, -0.15) is 5.26 Å². The second kappa shape index (κ2) is 4.74. The van der Waals surface area contributed by atoms with Crippen molar-refractivity contribution in [2.45, 2.75) is 4.90 Å². The molecule has 0 aliphatic carbocycles. The Morgan fingerprint density at radius 3 is 2.00 bits per heavy atom. The molecule has 62 valence electrons. The van der Waals surface area contributed by atoms with Gasteiger partial charge in [0.15, 0.2) is 0 Å². The molecule has 0 spiro atoms. The number of benzene rings is 1. The molecule has 0 fully saturated rings. The molecule has 0 aromatic heterocycles. The van der Waals surface area contributed by atoms with Gasteiger partial charge in [-0.15, -0.1) is 0 Å². The summed E-state index contributed by atoms with van der Waals surface area (Å²) >= 11 is 0. The van der Waals surface area contributed by atoms with E-state index in [-0.39, 0.29) is 34.5 Å². The first-order chi connectivity index (χ1) is 5.54. The molecule has 0 aliphatic heterocycles. The fourth-order valence-electron chi connectivity index (χ4n) is 0.696. The number of hydrogen-bond donors (Lipinski definition) is 0. The van der Waals surface area contributed by atoms with E-state index in [2.05, 4.69) is 0 Å². The van der Waals surface area contributed by atoms with Gasteiger partial charge < -0.3 is 4.55 Å². The third kappa shape index (κ3) is 3.46. The third-order valence-corrected chi connectivity index (χ3v) is 2.12. The number of nitrogens with zero attached hydrogens (tertiary/aromatic N) is 1. The van der Waals surface area contributed by atoms with Gasteiger partial charge in [0, 0.05) is 0 Å². The maximum absolute atomic E-state index is 10.4. The van der Waals surface area contributed by atoms with Crippen LogP contribution in [0.15, 0.2) is 29.2 Å². The largest absolute Gasteiger partial charge is 1.00 e. The first-order valence-electron chi connectivity index (χ1n) is 3.00. The van der Waals surface area contributed by atoms with Crippen molar-refractivity contribution in [3.63, 3.8) is 0 Å². The molecule has 0 aliphatic rings. The minimum Gasteiger partial charge on any atom is -0.744 e. The molecule has 1 rings (SSSR count). The van der Waals surface area contributed by atoms with Crippen LogP contribution in [0.1, 0.15) is 5.56 Å². The molecular weight excluding hydrogens is 201 g/mol. The summed E-state index contributed by atoms with van der Waals surface area (Å²) < 4.78 is 31.2. The Balaban J connectivity index is 0.00000144. The van der Waals surface area contributed by atoms with Crippen molar-refractivity contribution in [1.82, 2.24) is 0 Å². The normalized spacial score (nSPS) is 9.85. The Kier molecular flexibility index (Phi) is 4.61. The number of nitriles is 1. The Bertz CT molecular complexity index is 418. The second-order valence-corrected chi connectivity index (χ2v) is 3.47. The van der Waals surface area contributed by atoms with Crippen molar-refractivity contribution in [1.29, 1.82) is 5.26 Å². The van der Waals surface area contributed by atoms with Gasteiger partial charge in [0.05, 0.1) is 16.5 Å². The summed E-state index contributed by atoms with van der Waals surface area (Å²) in [5.41, 5.74) is 0.322. The first-order valence-corrected chi connectivity index (χ1v) is 4.41. The van der Waals surface area contributed by atoms with Gasteiger partial charge in [0.2, 0.25) is 0 Å². The van der Waals surface area contributed by atoms with Gasteiger partial charge in [-0.05, 0) is 24.3 Å². The van der Waals surface area contributed by atoms with Crippen molar-refractivity contribution in [3.8, 4) is 6.07 Å². The van der Waals surface area contributed by atoms with E-state index in [0.29, 0.717) is 5.56 Å². The zero-order valence-corrected chi connectivity index (χ0v) is 9.71. The van der Waals surface area contributed by atoms with Gasteiger partial charge >= 0.3 is 29.6 Å². The van der Waals surface area contributed by atoms with Gasteiger partial charge in [-0.25, -0.2) is 8.42 Å². The van der Waals surface area contributed by atoms with Crippen LogP contribution in [-0.4, -0.2) is 13.0 Å². The van der Waals surface area contributed by atoms with Crippen LogP contribution in [0.3, 0.4) is 0 Å². The molecule has 0 bridgehead atoms. The van der Waals surface area contributed by atoms with Crippen LogP contribution in [0.25, 0.3) is 0 Å². The maximum Gasteiger partial charge on any atom is 1.00 e. The fourth-order valence-corrected chi connectivity index (χ4v) is 1.17. The van der Waals surface area contributed by atoms with E-state index < -0.39 is 10.1 Å². The summed E-state index contributed by atoms with van der Waals surface area (Å²) in [5.74, 6) is 0. The maximum atomic E-state index is 10.4. The summed E-state index contributed by atoms with van der Waals surface area (Å²) in [7, 11) is -4.39. The summed E-state index contributed by atoms with van der Waals surface area (Å²) in [6.45, 7) is 0. The van der Waals surface area contributed by atoms with Gasteiger partial charge in [-0.3, -0.25) is 0 Å². The molecule has 0 saturated heterocycles. The molecular formula is C7H4NNaO3S. The molecule has 0 unspecified atom stereocenters. The molecule has 13 heavy (non-hydrogen) atoms. The van der Waals surface area contributed by atoms with Crippen LogP contribution in [0.2, 0.25) is 0 Å². The SMILES string of the molecule is N#Cc1ccc(S(=O)(=O)[O-])cc1.[Na+]. The Labute approximate surface area is 98.2 Å². The van der Waals surface area contributed by atoms with E-state index in [9.17, 15) is 13.0 Å². The van der Waals surface area contributed by atoms with Crippen molar-refractivity contribution < 1.29 is 42.5 Å². The van der Waals surface area contributed by atoms with E-state index in [0.717, 1.165) is 12.1 Å². The van der Waals surface area contributed by atoms with Gasteiger partial charge in [-0.1, -0.05) is 0 Å². The van der Waals surface area contributed by atoms with Gasteiger partial charge in [0.1, 0.15) is 10.1 Å². The molecule has 4 nitrogen and oxygen atoms in total. The third-order valence-electron chi connectivity index (χ3n) is 1.27. The zero-order valence-electron chi connectivity index (χ0n) is 6.89. The van der Waals surface area contributed by atoms with Crippen molar-refractivity contribution in [2.24, 2.45) is 0 Å². The van der Waals surface area contributed by atoms with Crippen LogP contribution < -0.4 is 29.6 Å². The predicted octanol–water partition coefficient (Wildman–Crippen LogP) is -2.53. The number of rotatable bonds is 1. The molecule has 0 amide bonds. The average molecular weight is 205 g/mol. The van der Waals surface area contributed by atoms with Crippen molar-refractivity contribution >= 4 is 10.1 Å². The molecule has 0 radical (unpaired) electrons. The molecule has 1 aromatic rings. The summed E-state index contributed by atoms with van der Waals surface area (Å²) in [6.07, 6.45) is 0. The molecule has 1 aromatic carbocycles. The topological polar surface area (TPSA) is 81.0 Å². The average Bonchev–Trinajstić information content (AvgIpc) is 2.03. The van der Waals surface area contributed by atoms with Gasteiger partial charge in [0.25, 0.3) is 0 Å². The summed E-state index contributed by atoms with van der Waals surface area (Å²) in [5, 5.41) is 8.35. The van der Waals surface area contributed by atoms with E-state index in [1.54, 1.807) is 0 Å². The van der Waals surface area contributed by atoms with Crippen LogP contribution >= 0.6 is 0 Å². The van der Waals surface area contributed by atoms with Crippen molar-refractivity contribution in [2.75, 3.05) is 0 Å². The van der Waals surface area contributed by atoms with Crippen LogP contribution in [0, 0.1) is 11.3 Å². The van der Waals surface area contributed by atoms with E-state index in [1.165, 1.54) is 12.1 Å². The predicted molar refractivity (Wildman–Crippen MR) is 39.1 cm³/mol. The summed E-state index contributed by atoms with van der Waals surface area (Å²) in [4.78, 5) is -0.318. The monoisotopic (exact) mass is 205 g/mol. The smallest absolute Gasteiger partial charge is 0.744 e. The van der Waals surface area contributed by atoms with Crippen LogP contribution in [0.5, 0.6) is 0 Å². The Hall–Kier alpha value is -0.380. The molecule has 0 heterocycles. The van der Waals surface area contributed by atoms with E-state index >= 15 is 0 Å². The Morgan fingerprint density at radius 2 is 1.69 bits per heavy atom. The van der Waals surface area contributed by atoms with E-state index in [4.69, 9.17) is 5.26 Å². The summed E-state index contributed by atoms with van der Waals surface area (Å²) in [6, 6.07) is 6.60. The minimum absolute atomic E-state index is 0. The quantitative estimate of drug-likeness (QED) is 0.374. The van der Waals surface area contributed by atoms with Crippen LogP contribution in [-0.2, 0) is 10.1 Å². The molecule has 0 N–H and O–H groups in total. The van der Waals surface area contributed by atoms with Crippen molar-refractivity contribution in [3.05, 3.63) is 29.8 Å². The standard InChI is InChI=1S/C7H5NO3S.Na/c8-5-6-1-3-7(4-2-6)12(9,10)11;/h1-4H,(H,9,10,11);/q;+1/p-1. The number of hydrogen-bond acceptors (Lipinski definition) is 4. The zero-order chi connectivity index (χ0) is 9.19. The van der Waals surface area contributed by atoms with E-state index in [1.807, 2.05) is 6.07 Å². The molecule has 0 atom stereocenters.